The SMILES string of the molecule is CC(CC=O)C(N=C(c1ccccc1)c1ccccc1[N-]C(=O)[C@@H]1CCCN1Cc1ccccc1)C(O)O.[Ni+2]. The number of hydrogen-bond donors (Lipinski definition) is 2. The molecule has 2 N–H and O–H groups in total. The normalized spacial score (nSPS) is 17.3. The first kappa shape index (κ1) is 30.4. The van der Waals surface area contributed by atoms with Gasteiger partial charge in [0.05, 0.1) is 17.7 Å². The Hall–Kier alpha value is -3.16. The summed E-state index contributed by atoms with van der Waals surface area (Å²) in [7, 11) is 0. The fourth-order valence-electron chi connectivity index (χ4n) is 4.90. The van der Waals surface area contributed by atoms with Crippen molar-refractivity contribution in [3.05, 3.63) is 107 Å². The molecule has 1 fully saturated rings. The van der Waals surface area contributed by atoms with Gasteiger partial charge in [-0.1, -0.05) is 91.9 Å². The van der Waals surface area contributed by atoms with Gasteiger partial charge in [-0.15, -0.1) is 5.69 Å². The Bertz CT molecular complexity index is 1240. The summed E-state index contributed by atoms with van der Waals surface area (Å²) >= 11 is 0. The fourth-order valence-corrected chi connectivity index (χ4v) is 4.90. The number of aliphatic imine (C=N–C) groups is 1. The number of aldehydes is 1. The predicted molar refractivity (Wildman–Crippen MR) is 148 cm³/mol. The largest absolute Gasteiger partial charge is 2.00 e. The van der Waals surface area contributed by atoms with Crippen LogP contribution in [0.3, 0.4) is 0 Å². The number of hydrogen-bond acceptors (Lipinski definition) is 6. The second-order valence-corrected chi connectivity index (χ2v) is 9.71. The number of carbonyl (C=O) groups excluding carboxylic acids is 2. The third-order valence-electron chi connectivity index (χ3n) is 6.95. The molecule has 1 aliphatic rings. The number of carbonyl (C=O) groups is 2. The molecule has 1 saturated heterocycles. The molecule has 4 rings (SSSR count). The molecule has 39 heavy (non-hydrogen) atoms. The van der Waals surface area contributed by atoms with Gasteiger partial charge in [0.1, 0.15) is 12.3 Å². The maximum atomic E-state index is 13.5. The molecule has 1 aliphatic heterocycles. The van der Waals surface area contributed by atoms with Crippen LogP contribution in [0.1, 0.15) is 42.9 Å². The predicted octanol–water partition coefficient (Wildman–Crippen LogP) is 4.62. The molecule has 0 bridgehead atoms. The second-order valence-electron chi connectivity index (χ2n) is 9.71. The summed E-state index contributed by atoms with van der Waals surface area (Å²) in [5.74, 6) is -0.603. The van der Waals surface area contributed by atoms with Crippen LogP contribution in [-0.4, -0.2) is 57.9 Å². The van der Waals surface area contributed by atoms with Crippen LogP contribution in [0.15, 0.2) is 89.9 Å². The van der Waals surface area contributed by atoms with E-state index in [1.54, 1.807) is 13.0 Å². The van der Waals surface area contributed by atoms with Gasteiger partial charge in [0, 0.05) is 18.5 Å². The van der Waals surface area contributed by atoms with Gasteiger partial charge in [0.25, 0.3) is 0 Å². The Morgan fingerprint density at radius 3 is 2.33 bits per heavy atom. The Morgan fingerprint density at radius 2 is 1.67 bits per heavy atom. The fraction of sp³-hybridized carbons (Fsp3) is 0.323. The molecule has 1 heterocycles. The molecule has 206 valence electrons. The molecule has 0 radical (unpaired) electrons. The first-order valence-corrected chi connectivity index (χ1v) is 13.0. The Labute approximate surface area is 239 Å². The minimum atomic E-state index is -1.75. The molecule has 2 unspecified atom stereocenters. The van der Waals surface area contributed by atoms with E-state index in [1.165, 1.54) is 0 Å². The van der Waals surface area contributed by atoms with Gasteiger partial charge < -0.3 is 25.1 Å². The number of aliphatic hydroxyl groups excluding tert-OH is 1. The molecule has 7 nitrogen and oxygen atoms in total. The summed E-state index contributed by atoms with van der Waals surface area (Å²) in [5, 5.41) is 24.8. The zero-order valence-electron chi connectivity index (χ0n) is 21.9. The number of likely N-dealkylation sites (tertiary alicyclic amines) is 1. The van der Waals surface area contributed by atoms with Crippen molar-refractivity contribution >= 4 is 23.6 Å². The molecular weight excluding hydrogens is 537 g/mol. The molecular formula is C31H34N3NiO4+. The van der Waals surface area contributed by atoms with Crippen molar-refractivity contribution in [2.24, 2.45) is 10.9 Å². The average Bonchev–Trinajstić information content (AvgIpc) is 3.39. The van der Waals surface area contributed by atoms with E-state index in [0.717, 1.165) is 36.8 Å². The van der Waals surface area contributed by atoms with E-state index in [1.807, 2.05) is 66.7 Å². The first-order valence-electron chi connectivity index (χ1n) is 13.0. The monoisotopic (exact) mass is 570 g/mol. The topological polar surface area (TPSA) is 104 Å². The number of nitrogens with zero attached hydrogens (tertiary/aromatic N) is 3. The molecule has 3 aromatic rings. The third kappa shape index (κ3) is 7.93. The number of para-hydroxylation sites is 1. The van der Waals surface area contributed by atoms with E-state index in [0.29, 0.717) is 23.5 Å². The van der Waals surface area contributed by atoms with Gasteiger partial charge in [0.15, 0.2) is 6.29 Å². The van der Waals surface area contributed by atoms with Crippen LogP contribution in [0.5, 0.6) is 0 Å². The van der Waals surface area contributed by atoms with Crippen molar-refractivity contribution in [1.82, 2.24) is 4.90 Å². The minimum Gasteiger partial charge on any atom is -0.625 e. The van der Waals surface area contributed by atoms with Crippen molar-refractivity contribution in [3.63, 3.8) is 0 Å². The molecule has 0 aliphatic carbocycles. The van der Waals surface area contributed by atoms with E-state index in [2.05, 4.69) is 22.3 Å². The summed E-state index contributed by atoms with van der Waals surface area (Å²) < 4.78 is 0. The van der Waals surface area contributed by atoms with Gasteiger partial charge in [-0.3, -0.25) is 9.89 Å². The van der Waals surface area contributed by atoms with E-state index < -0.39 is 18.2 Å². The van der Waals surface area contributed by atoms with Crippen molar-refractivity contribution in [1.29, 1.82) is 0 Å². The van der Waals surface area contributed by atoms with Crippen LogP contribution in [0.25, 0.3) is 5.32 Å². The first-order chi connectivity index (χ1) is 18.5. The summed E-state index contributed by atoms with van der Waals surface area (Å²) in [4.78, 5) is 31.5. The zero-order chi connectivity index (χ0) is 26.9. The Balaban J connectivity index is 0.00000420. The van der Waals surface area contributed by atoms with Crippen LogP contribution in [-0.2, 0) is 32.6 Å². The summed E-state index contributed by atoms with van der Waals surface area (Å²) in [6.07, 6.45) is 0.819. The Kier molecular flexibility index (Phi) is 11.6. The van der Waals surface area contributed by atoms with Crippen LogP contribution < -0.4 is 0 Å². The summed E-state index contributed by atoms with van der Waals surface area (Å²) in [5.41, 5.74) is 3.48. The number of benzene rings is 3. The molecule has 1 amide bonds. The Morgan fingerprint density at radius 1 is 1.03 bits per heavy atom. The average molecular weight is 571 g/mol. The van der Waals surface area contributed by atoms with Crippen LogP contribution in [0, 0.1) is 5.92 Å². The molecule has 3 aromatic carbocycles. The zero-order valence-corrected chi connectivity index (χ0v) is 22.9. The molecule has 3 atom stereocenters. The van der Waals surface area contributed by atoms with E-state index in [4.69, 9.17) is 4.99 Å². The van der Waals surface area contributed by atoms with E-state index in [-0.39, 0.29) is 34.9 Å². The molecule has 0 saturated carbocycles. The van der Waals surface area contributed by atoms with Crippen molar-refractivity contribution < 1.29 is 36.3 Å². The molecule has 0 spiro atoms. The number of rotatable bonds is 11. The van der Waals surface area contributed by atoms with Gasteiger partial charge in [-0.25, -0.2) is 0 Å². The third-order valence-corrected chi connectivity index (χ3v) is 6.95. The van der Waals surface area contributed by atoms with Crippen LogP contribution in [0.4, 0.5) is 5.69 Å². The van der Waals surface area contributed by atoms with Gasteiger partial charge in [-0.05, 0) is 36.4 Å². The summed E-state index contributed by atoms with van der Waals surface area (Å²) in [6.45, 7) is 3.28. The van der Waals surface area contributed by atoms with E-state index in [9.17, 15) is 19.8 Å². The molecule has 0 aromatic heterocycles. The van der Waals surface area contributed by atoms with E-state index >= 15 is 0 Å². The standard InChI is InChI=1S/C31H35N3O4.Ni/c1-22(18-20-35)28(31(37)38)33-29(24-13-6-3-7-14-24)25-15-8-9-16-26(25)32-30(36)27-17-10-19-34(27)21-23-11-4-2-5-12-23;/h2-9,11-16,20,22,27-28,31,37-38H,10,17-19,21H2,1H3,(H,32,33,36);/q;+2/p-1/t22?,27-,28?;/m0./s1. The summed E-state index contributed by atoms with van der Waals surface area (Å²) in [6, 6.07) is 25.5. The van der Waals surface area contributed by atoms with Gasteiger partial charge in [0.2, 0.25) is 0 Å². The number of aliphatic hydroxyl groups is 2. The maximum absolute atomic E-state index is 13.5. The quantitative estimate of drug-likeness (QED) is 0.151. The van der Waals surface area contributed by atoms with Crippen molar-refractivity contribution in [2.45, 2.75) is 51.1 Å². The minimum absolute atomic E-state index is 0. The van der Waals surface area contributed by atoms with Crippen molar-refractivity contribution in [3.8, 4) is 0 Å². The van der Waals surface area contributed by atoms with Crippen molar-refractivity contribution in [2.75, 3.05) is 6.54 Å². The second kappa shape index (κ2) is 14.8. The van der Waals surface area contributed by atoms with Gasteiger partial charge >= 0.3 is 16.5 Å². The molecule has 8 heteroatoms. The smallest absolute Gasteiger partial charge is 0.625 e. The number of amides is 1. The maximum Gasteiger partial charge on any atom is 2.00 e. The van der Waals surface area contributed by atoms with Gasteiger partial charge in [-0.2, -0.15) is 0 Å². The van der Waals surface area contributed by atoms with Crippen LogP contribution >= 0.6 is 0 Å². The van der Waals surface area contributed by atoms with Crippen LogP contribution in [0.2, 0.25) is 0 Å².